The summed E-state index contributed by atoms with van der Waals surface area (Å²) in [6, 6.07) is 11.1. The molecule has 5 rings (SSSR count). The Morgan fingerprint density at radius 3 is 2.94 bits per heavy atom. The first-order chi connectivity index (χ1) is 15.2. The predicted molar refractivity (Wildman–Crippen MR) is 120 cm³/mol. The number of carbonyl (C=O) groups excluding carboxylic acids is 1. The van der Waals surface area contributed by atoms with Gasteiger partial charge in [-0.05, 0) is 61.6 Å². The van der Waals surface area contributed by atoms with E-state index >= 15 is 0 Å². The first-order valence-electron chi connectivity index (χ1n) is 11.6. The van der Waals surface area contributed by atoms with Crippen LogP contribution < -0.4 is 5.32 Å². The van der Waals surface area contributed by atoms with Gasteiger partial charge in [0.05, 0.1) is 24.9 Å². The number of aryl methyl sites for hydroxylation is 1. The van der Waals surface area contributed by atoms with Crippen LogP contribution in [0.2, 0.25) is 0 Å². The fourth-order valence-electron chi connectivity index (χ4n) is 5.37. The van der Waals surface area contributed by atoms with Gasteiger partial charge < -0.3 is 15.0 Å². The van der Waals surface area contributed by atoms with Gasteiger partial charge in [0.25, 0.3) is 5.91 Å². The molecular weight excluding hydrogens is 388 g/mol. The van der Waals surface area contributed by atoms with Gasteiger partial charge in [0.1, 0.15) is 0 Å². The molecule has 0 spiro atoms. The summed E-state index contributed by atoms with van der Waals surface area (Å²) >= 11 is 0. The van der Waals surface area contributed by atoms with Crippen molar-refractivity contribution in [1.82, 2.24) is 20.1 Å². The van der Waals surface area contributed by atoms with Crippen molar-refractivity contribution in [2.45, 2.75) is 44.3 Å². The van der Waals surface area contributed by atoms with E-state index in [9.17, 15) is 4.79 Å². The number of hydrogen-bond donors (Lipinski definition) is 1. The lowest BCUT2D eigenvalue weighted by atomic mass is 9.88. The second kappa shape index (κ2) is 9.07. The highest BCUT2D eigenvalue weighted by molar-refractivity contribution is 5.96. The second-order valence-electron chi connectivity index (χ2n) is 9.03. The smallest absolute Gasteiger partial charge is 0.254 e. The summed E-state index contributed by atoms with van der Waals surface area (Å²) < 4.78 is 5.43. The van der Waals surface area contributed by atoms with Crippen LogP contribution in [0.3, 0.4) is 0 Å². The molecule has 3 aliphatic rings. The molecule has 0 saturated carbocycles. The zero-order valence-electron chi connectivity index (χ0n) is 18.3. The lowest BCUT2D eigenvalue weighted by molar-refractivity contribution is 0.0301. The minimum atomic E-state index is 0.152. The molecular formula is C25H32N4O2. The number of pyridine rings is 1. The molecule has 1 aliphatic carbocycles. The third kappa shape index (κ3) is 4.25. The number of fused-ring (bicyclic) bond motifs is 2. The molecule has 0 unspecified atom stereocenters. The van der Waals surface area contributed by atoms with E-state index < -0.39 is 0 Å². The van der Waals surface area contributed by atoms with Crippen LogP contribution in [0.25, 0.3) is 0 Å². The number of nitrogens with zero attached hydrogens (tertiary/aromatic N) is 3. The molecule has 31 heavy (non-hydrogen) atoms. The molecule has 164 valence electrons. The van der Waals surface area contributed by atoms with Crippen molar-refractivity contribution in [3.63, 3.8) is 0 Å². The molecule has 1 aromatic carbocycles. The van der Waals surface area contributed by atoms with Gasteiger partial charge in [-0.2, -0.15) is 0 Å². The van der Waals surface area contributed by atoms with Crippen LogP contribution in [0.5, 0.6) is 0 Å². The average Bonchev–Trinajstić information content (AvgIpc) is 2.83. The highest BCUT2D eigenvalue weighted by Gasteiger charge is 2.30. The molecule has 1 aromatic heterocycles. The Bertz CT molecular complexity index is 941. The maximum absolute atomic E-state index is 13.2. The maximum Gasteiger partial charge on any atom is 0.254 e. The van der Waals surface area contributed by atoms with Crippen LogP contribution in [0.15, 0.2) is 36.5 Å². The molecule has 3 heterocycles. The van der Waals surface area contributed by atoms with Gasteiger partial charge in [0.2, 0.25) is 0 Å². The first-order valence-corrected chi connectivity index (χ1v) is 11.6. The standard InChI is InChI=1S/C25H32N4O2/c1-28(23-9-3-5-18-7-4-10-26-24(18)23)17-20-15-22-19(16-27-20)6-2-8-21(22)25(30)29-11-13-31-14-12-29/h2,4,6-8,10,20,23,27H,3,5,9,11-17H2,1H3/t20-,23-/m0/s1. The first kappa shape index (κ1) is 20.6. The Hall–Kier alpha value is -2.28. The van der Waals surface area contributed by atoms with Crippen molar-refractivity contribution >= 4 is 5.91 Å². The summed E-state index contributed by atoms with van der Waals surface area (Å²) in [7, 11) is 2.22. The Morgan fingerprint density at radius 1 is 1.23 bits per heavy atom. The number of aromatic nitrogens is 1. The number of morpholine rings is 1. The van der Waals surface area contributed by atoms with E-state index in [1.807, 2.05) is 29.3 Å². The van der Waals surface area contributed by atoms with E-state index in [-0.39, 0.29) is 5.91 Å². The maximum atomic E-state index is 13.2. The lowest BCUT2D eigenvalue weighted by Crippen LogP contribution is -2.46. The molecule has 2 atom stereocenters. The van der Waals surface area contributed by atoms with Crippen LogP contribution in [0, 0.1) is 0 Å². The number of ether oxygens (including phenoxy) is 1. The largest absolute Gasteiger partial charge is 0.378 e. The quantitative estimate of drug-likeness (QED) is 0.824. The van der Waals surface area contributed by atoms with Gasteiger partial charge in [-0.25, -0.2) is 0 Å². The Kier molecular flexibility index (Phi) is 6.03. The number of rotatable bonds is 4. The number of hydrogen-bond acceptors (Lipinski definition) is 5. The average molecular weight is 421 g/mol. The topological polar surface area (TPSA) is 57.7 Å². The Balaban J connectivity index is 1.31. The van der Waals surface area contributed by atoms with Gasteiger partial charge in [0.15, 0.2) is 0 Å². The summed E-state index contributed by atoms with van der Waals surface area (Å²) in [5.41, 5.74) is 5.99. The van der Waals surface area contributed by atoms with Crippen molar-refractivity contribution in [2.75, 3.05) is 39.9 Å². The third-order valence-corrected chi connectivity index (χ3v) is 7.04. The van der Waals surface area contributed by atoms with Crippen molar-refractivity contribution in [1.29, 1.82) is 0 Å². The van der Waals surface area contributed by atoms with E-state index in [0.717, 1.165) is 37.9 Å². The molecule has 1 amide bonds. The minimum absolute atomic E-state index is 0.152. The van der Waals surface area contributed by atoms with Gasteiger partial charge >= 0.3 is 0 Å². The van der Waals surface area contributed by atoms with Gasteiger partial charge in [-0.15, -0.1) is 0 Å². The fraction of sp³-hybridized carbons (Fsp3) is 0.520. The molecule has 2 aliphatic heterocycles. The number of carbonyl (C=O) groups is 1. The molecule has 1 fully saturated rings. The highest BCUT2D eigenvalue weighted by Crippen LogP contribution is 2.32. The zero-order valence-corrected chi connectivity index (χ0v) is 18.3. The fourth-order valence-corrected chi connectivity index (χ4v) is 5.37. The molecule has 6 heteroatoms. The van der Waals surface area contributed by atoms with E-state index in [1.54, 1.807) is 0 Å². The number of amides is 1. The van der Waals surface area contributed by atoms with Crippen LogP contribution in [-0.2, 0) is 24.1 Å². The van der Waals surface area contributed by atoms with Crippen molar-refractivity contribution < 1.29 is 9.53 Å². The van der Waals surface area contributed by atoms with Crippen molar-refractivity contribution in [2.24, 2.45) is 0 Å². The predicted octanol–water partition coefficient (Wildman–Crippen LogP) is 2.58. The van der Waals surface area contributed by atoms with E-state index in [4.69, 9.17) is 9.72 Å². The number of nitrogens with one attached hydrogen (secondary N) is 1. The zero-order chi connectivity index (χ0) is 21.2. The number of likely N-dealkylation sites (N-methyl/N-ethyl adjacent to an activating group) is 1. The molecule has 1 N–H and O–H groups in total. The summed E-state index contributed by atoms with van der Waals surface area (Å²) in [5, 5.41) is 3.71. The molecule has 2 aromatic rings. The Morgan fingerprint density at radius 2 is 2.06 bits per heavy atom. The Labute approximate surface area is 184 Å². The summed E-state index contributed by atoms with van der Waals surface area (Å²) in [6.45, 7) is 4.39. The molecule has 6 nitrogen and oxygen atoms in total. The second-order valence-corrected chi connectivity index (χ2v) is 9.03. The van der Waals surface area contributed by atoms with Gasteiger partial charge in [-0.1, -0.05) is 18.2 Å². The third-order valence-electron chi connectivity index (χ3n) is 7.04. The van der Waals surface area contributed by atoms with E-state index in [0.29, 0.717) is 38.4 Å². The summed E-state index contributed by atoms with van der Waals surface area (Å²) in [5.74, 6) is 0.152. The lowest BCUT2D eigenvalue weighted by Gasteiger charge is -2.37. The van der Waals surface area contributed by atoms with Crippen LogP contribution in [-0.4, -0.2) is 66.6 Å². The summed E-state index contributed by atoms with van der Waals surface area (Å²) in [6.07, 6.45) is 6.31. The van der Waals surface area contributed by atoms with Crippen LogP contribution in [0.1, 0.15) is 51.6 Å². The molecule has 1 saturated heterocycles. The van der Waals surface area contributed by atoms with Crippen LogP contribution in [0.4, 0.5) is 0 Å². The van der Waals surface area contributed by atoms with Crippen molar-refractivity contribution in [3.05, 3.63) is 64.5 Å². The van der Waals surface area contributed by atoms with E-state index in [1.165, 1.54) is 28.8 Å². The van der Waals surface area contributed by atoms with E-state index in [2.05, 4.69) is 29.4 Å². The molecule has 0 radical (unpaired) electrons. The normalized spacial score (nSPS) is 23.4. The SMILES string of the molecule is CN(C[C@@H]1Cc2c(cccc2C(=O)N2CCOCC2)CN1)[C@H]1CCCc2cccnc21. The highest BCUT2D eigenvalue weighted by atomic mass is 16.5. The summed E-state index contributed by atoms with van der Waals surface area (Å²) in [4.78, 5) is 22.3. The minimum Gasteiger partial charge on any atom is -0.378 e. The monoisotopic (exact) mass is 420 g/mol. The van der Waals surface area contributed by atoms with Crippen molar-refractivity contribution in [3.8, 4) is 0 Å². The van der Waals surface area contributed by atoms with Gasteiger partial charge in [-0.3, -0.25) is 14.7 Å². The van der Waals surface area contributed by atoms with Gasteiger partial charge in [0, 0.05) is 44.0 Å². The molecule has 0 bridgehead atoms. The van der Waals surface area contributed by atoms with Crippen LogP contribution >= 0.6 is 0 Å². The number of benzene rings is 1.